The van der Waals surface area contributed by atoms with Gasteiger partial charge in [0, 0.05) is 17.8 Å². The average Bonchev–Trinajstić information content (AvgIpc) is 2.52. The van der Waals surface area contributed by atoms with Crippen molar-refractivity contribution in [3.05, 3.63) is 59.2 Å². The molecule has 0 aliphatic carbocycles. The topological polar surface area (TPSA) is 50.4 Å². The van der Waals surface area contributed by atoms with Gasteiger partial charge in [0.25, 0.3) is 0 Å². The summed E-state index contributed by atoms with van der Waals surface area (Å²) in [7, 11) is 1.63. The second-order valence-electron chi connectivity index (χ2n) is 5.26. The number of aryl methyl sites for hydroxylation is 2. The van der Waals surface area contributed by atoms with Gasteiger partial charge in [0.2, 0.25) is 5.91 Å². The van der Waals surface area contributed by atoms with Crippen LogP contribution in [-0.2, 0) is 11.3 Å². The summed E-state index contributed by atoms with van der Waals surface area (Å²) in [5.74, 6) is 0.732. The Hall–Kier alpha value is -2.49. The molecule has 2 N–H and O–H groups in total. The Kier molecular flexibility index (Phi) is 5.42. The Morgan fingerprint density at radius 2 is 1.91 bits per heavy atom. The van der Waals surface area contributed by atoms with Gasteiger partial charge in [-0.2, -0.15) is 0 Å². The lowest BCUT2D eigenvalue weighted by molar-refractivity contribution is -0.119. The lowest BCUT2D eigenvalue weighted by atomic mass is 10.1. The molecule has 0 spiro atoms. The second-order valence-corrected chi connectivity index (χ2v) is 5.26. The molecule has 0 aromatic heterocycles. The molecule has 1 amide bonds. The minimum absolute atomic E-state index is 0.0501. The maximum atomic E-state index is 12.0. The third-order valence-corrected chi connectivity index (χ3v) is 3.49. The summed E-state index contributed by atoms with van der Waals surface area (Å²) in [5.41, 5.74) is 4.30. The molecular formula is C18H22N2O2. The number of carbonyl (C=O) groups excluding carboxylic acids is 1. The van der Waals surface area contributed by atoms with E-state index in [9.17, 15) is 4.79 Å². The molecule has 4 heteroatoms. The minimum atomic E-state index is -0.0501. The Bertz CT molecular complexity index is 653. The van der Waals surface area contributed by atoms with Crippen molar-refractivity contribution in [1.82, 2.24) is 5.32 Å². The molecule has 0 radical (unpaired) electrons. The summed E-state index contributed by atoms with van der Waals surface area (Å²) in [6.45, 7) is 4.79. The maximum absolute atomic E-state index is 12.0. The lowest BCUT2D eigenvalue weighted by Gasteiger charge is -2.12. The highest BCUT2D eigenvalue weighted by Crippen LogP contribution is 2.17. The maximum Gasteiger partial charge on any atom is 0.239 e. The number of carbonyl (C=O) groups is 1. The molecule has 0 saturated carbocycles. The van der Waals surface area contributed by atoms with E-state index in [4.69, 9.17) is 4.74 Å². The normalized spacial score (nSPS) is 10.1. The third kappa shape index (κ3) is 4.25. The number of para-hydroxylation sites is 1. The fourth-order valence-corrected chi connectivity index (χ4v) is 2.29. The van der Waals surface area contributed by atoms with E-state index in [2.05, 4.69) is 23.6 Å². The molecule has 0 heterocycles. The predicted octanol–water partition coefficient (Wildman–Crippen LogP) is 3.04. The van der Waals surface area contributed by atoms with Gasteiger partial charge < -0.3 is 15.4 Å². The molecule has 4 nitrogen and oxygen atoms in total. The molecule has 0 aliphatic heterocycles. The zero-order chi connectivity index (χ0) is 15.9. The van der Waals surface area contributed by atoms with Gasteiger partial charge in [-0.15, -0.1) is 0 Å². The Morgan fingerprint density at radius 1 is 1.14 bits per heavy atom. The molecular weight excluding hydrogens is 276 g/mol. The van der Waals surface area contributed by atoms with Crippen LogP contribution in [0.2, 0.25) is 0 Å². The van der Waals surface area contributed by atoms with E-state index < -0.39 is 0 Å². The van der Waals surface area contributed by atoms with E-state index >= 15 is 0 Å². The molecule has 0 bridgehead atoms. The van der Waals surface area contributed by atoms with E-state index in [1.807, 2.05) is 43.3 Å². The third-order valence-electron chi connectivity index (χ3n) is 3.49. The van der Waals surface area contributed by atoms with Crippen molar-refractivity contribution in [2.45, 2.75) is 20.4 Å². The minimum Gasteiger partial charge on any atom is -0.496 e. The molecule has 22 heavy (non-hydrogen) atoms. The van der Waals surface area contributed by atoms with Gasteiger partial charge in [-0.25, -0.2) is 0 Å². The van der Waals surface area contributed by atoms with Gasteiger partial charge in [0.05, 0.1) is 13.7 Å². The largest absolute Gasteiger partial charge is 0.496 e. The first-order valence-corrected chi connectivity index (χ1v) is 7.30. The first-order valence-electron chi connectivity index (χ1n) is 7.30. The molecule has 2 aromatic carbocycles. The number of hydrogen-bond acceptors (Lipinski definition) is 3. The number of nitrogens with one attached hydrogen (secondary N) is 2. The van der Waals surface area contributed by atoms with Crippen LogP contribution >= 0.6 is 0 Å². The van der Waals surface area contributed by atoms with Crippen molar-refractivity contribution in [2.24, 2.45) is 0 Å². The zero-order valence-electron chi connectivity index (χ0n) is 13.3. The summed E-state index contributed by atoms with van der Waals surface area (Å²) >= 11 is 0. The number of hydrogen-bond donors (Lipinski definition) is 2. The highest BCUT2D eigenvalue weighted by molar-refractivity contribution is 5.81. The van der Waals surface area contributed by atoms with E-state index in [-0.39, 0.29) is 12.5 Å². The van der Waals surface area contributed by atoms with Gasteiger partial charge in [-0.05, 0) is 31.5 Å². The fourth-order valence-electron chi connectivity index (χ4n) is 2.29. The molecule has 0 aliphatic rings. The quantitative estimate of drug-likeness (QED) is 0.862. The fraction of sp³-hybridized carbons (Fsp3) is 0.278. The van der Waals surface area contributed by atoms with Gasteiger partial charge >= 0.3 is 0 Å². The molecule has 116 valence electrons. The molecule has 0 atom stereocenters. The molecule has 2 rings (SSSR count). The van der Waals surface area contributed by atoms with E-state index in [1.165, 1.54) is 5.56 Å². The van der Waals surface area contributed by atoms with Crippen LogP contribution < -0.4 is 15.4 Å². The van der Waals surface area contributed by atoms with Gasteiger partial charge in [0.15, 0.2) is 0 Å². The second kappa shape index (κ2) is 7.50. The van der Waals surface area contributed by atoms with Crippen molar-refractivity contribution in [3.8, 4) is 5.75 Å². The van der Waals surface area contributed by atoms with Crippen molar-refractivity contribution in [3.63, 3.8) is 0 Å². The number of methoxy groups -OCH3 is 1. The molecule has 0 fully saturated rings. The van der Waals surface area contributed by atoms with Crippen LogP contribution in [0.5, 0.6) is 5.75 Å². The standard InChI is InChI=1S/C18H22N2O2/c1-13-8-9-16(14(2)10-13)19-12-18(21)20-11-15-6-4-5-7-17(15)22-3/h4-10,19H,11-12H2,1-3H3,(H,20,21). The zero-order valence-corrected chi connectivity index (χ0v) is 13.3. The van der Waals surface area contributed by atoms with Crippen LogP contribution in [0.4, 0.5) is 5.69 Å². The number of rotatable bonds is 6. The Morgan fingerprint density at radius 3 is 2.64 bits per heavy atom. The van der Waals surface area contributed by atoms with E-state index in [0.717, 1.165) is 22.6 Å². The first-order chi connectivity index (χ1) is 10.6. The van der Waals surface area contributed by atoms with Crippen LogP contribution in [0, 0.1) is 13.8 Å². The lowest BCUT2D eigenvalue weighted by Crippen LogP contribution is -2.29. The molecule has 2 aromatic rings. The monoisotopic (exact) mass is 298 g/mol. The van der Waals surface area contributed by atoms with Crippen LogP contribution in [0.15, 0.2) is 42.5 Å². The summed E-state index contributed by atoms with van der Waals surface area (Å²) in [5, 5.41) is 6.05. The number of benzene rings is 2. The van der Waals surface area contributed by atoms with Gasteiger partial charge in [0.1, 0.15) is 5.75 Å². The highest BCUT2D eigenvalue weighted by atomic mass is 16.5. The molecule has 0 saturated heterocycles. The Balaban J connectivity index is 1.85. The van der Waals surface area contributed by atoms with Crippen LogP contribution in [0.25, 0.3) is 0 Å². The van der Waals surface area contributed by atoms with Crippen LogP contribution in [0.1, 0.15) is 16.7 Å². The number of amides is 1. The van der Waals surface area contributed by atoms with E-state index in [1.54, 1.807) is 7.11 Å². The predicted molar refractivity (Wildman–Crippen MR) is 89.2 cm³/mol. The van der Waals surface area contributed by atoms with E-state index in [0.29, 0.717) is 6.54 Å². The van der Waals surface area contributed by atoms with Crippen molar-refractivity contribution in [2.75, 3.05) is 19.0 Å². The summed E-state index contributed by atoms with van der Waals surface area (Å²) in [6, 6.07) is 13.8. The van der Waals surface area contributed by atoms with Gasteiger partial charge in [-0.3, -0.25) is 4.79 Å². The number of anilines is 1. The Labute approximate surface area is 131 Å². The smallest absolute Gasteiger partial charge is 0.239 e. The van der Waals surface area contributed by atoms with Crippen molar-refractivity contribution < 1.29 is 9.53 Å². The van der Waals surface area contributed by atoms with Crippen molar-refractivity contribution in [1.29, 1.82) is 0 Å². The highest BCUT2D eigenvalue weighted by Gasteiger charge is 2.06. The van der Waals surface area contributed by atoms with Crippen LogP contribution in [0.3, 0.4) is 0 Å². The SMILES string of the molecule is COc1ccccc1CNC(=O)CNc1ccc(C)cc1C. The summed E-state index contributed by atoms with van der Waals surface area (Å²) in [4.78, 5) is 12.0. The van der Waals surface area contributed by atoms with Crippen LogP contribution in [-0.4, -0.2) is 19.6 Å². The van der Waals surface area contributed by atoms with Crippen molar-refractivity contribution >= 4 is 11.6 Å². The number of ether oxygens (including phenoxy) is 1. The first kappa shape index (κ1) is 15.9. The summed E-state index contributed by atoms with van der Waals surface area (Å²) < 4.78 is 5.27. The molecule has 0 unspecified atom stereocenters. The van der Waals surface area contributed by atoms with Gasteiger partial charge in [-0.1, -0.05) is 35.9 Å². The average molecular weight is 298 g/mol. The summed E-state index contributed by atoms with van der Waals surface area (Å²) in [6.07, 6.45) is 0.